The summed E-state index contributed by atoms with van der Waals surface area (Å²) < 4.78 is 37.6. The van der Waals surface area contributed by atoms with E-state index in [1.807, 2.05) is 18.9 Å². The van der Waals surface area contributed by atoms with Crippen molar-refractivity contribution >= 4 is 17.4 Å². The van der Waals surface area contributed by atoms with Crippen LogP contribution in [0, 0.1) is 0 Å². The summed E-state index contributed by atoms with van der Waals surface area (Å²) in [5.74, 6) is 0.395. The van der Waals surface area contributed by atoms with Crippen LogP contribution in [-0.2, 0) is 6.18 Å². The molecule has 0 aromatic carbocycles. The number of likely N-dealkylation sites (N-methyl/N-ethyl adjacent to an activating group) is 1. The highest BCUT2D eigenvalue weighted by Crippen LogP contribution is 2.33. The third kappa shape index (κ3) is 4.54. The lowest BCUT2D eigenvalue weighted by molar-refractivity contribution is -0.137. The van der Waals surface area contributed by atoms with Crippen molar-refractivity contribution in [2.24, 2.45) is 0 Å². The molecule has 1 rings (SSSR count). The van der Waals surface area contributed by atoms with Gasteiger partial charge in [-0.2, -0.15) is 13.2 Å². The predicted molar refractivity (Wildman–Crippen MR) is 70.7 cm³/mol. The van der Waals surface area contributed by atoms with Crippen molar-refractivity contribution in [3.05, 3.63) is 22.8 Å². The van der Waals surface area contributed by atoms with E-state index in [9.17, 15) is 13.2 Å². The molecule has 1 N–H and O–H groups in total. The van der Waals surface area contributed by atoms with Crippen LogP contribution in [0.2, 0.25) is 5.02 Å². The molecule has 0 fully saturated rings. The Labute approximate surface area is 115 Å². The van der Waals surface area contributed by atoms with Gasteiger partial charge in [0, 0.05) is 25.8 Å². The maximum Gasteiger partial charge on any atom is 0.417 e. The zero-order valence-corrected chi connectivity index (χ0v) is 11.6. The van der Waals surface area contributed by atoms with Crippen LogP contribution >= 0.6 is 11.6 Å². The first kappa shape index (κ1) is 16.0. The lowest BCUT2D eigenvalue weighted by Crippen LogP contribution is -2.32. The van der Waals surface area contributed by atoms with Gasteiger partial charge in [0.05, 0.1) is 10.6 Å². The summed E-state index contributed by atoms with van der Waals surface area (Å²) in [7, 11) is 1.81. The number of aromatic nitrogens is 1. The molecule has 0 radical (unpaired) electrons. The van der Waals surface area contributed by atoms with Gasteiger partial charge >= 0.3 is 6.18 Å². The van der Waals surface area contributed by atoms with Crippen LogP contribution < -0.4 is 10.2 Å². The second kappa shape index (κ2) is 6.96. The molecule has 1 aromatic rings. The molecule has 0 atom stereocenters. The average molecular weight is 296 g/mol. The van der Waals surface area contributed by atoms with Gasteiger partial charge in [-0.3, -0.25) is 0 Å². The van der Waals surface area contributed by atoms with Gasteiger partial charge in [0.25, 0.3) is 0 Å². The molecule has 0 bridgehead atoms. The molecule has 0 amide bonds. The Morgan fingerprint density at radius 3 is 2.53 bits per heavy atom. The minimum atomic E-state index is -4.42. The van der Waals surface area contributed by atoms with Crippen LogP contribution in [0.1, 0.15) is 18.9 Å². The second-order valence-corrected chi connectivity index (χ2v) is 4.52. The van der Waals surface area contributed by atoms with Crippen LogP contribution in [0.4, 0.5) is 19.0 Å². The van der Waals surface area contributed by atoms with Crippen molar-refractivity contribution < 1.29 is 13.2 Å². The van der Waals surface area contributed by atoms with Crippen LogP contribution in [0.5, 0.6) is 0 Å². The zero-order chi connectivity index (χ0) is 14.5. The molecule has 0 saturated heterocycles. The summed E-state index contributed by atoms with van der Waals surface area (Å²) >= 11 is 5.92. The van der Waals surface area contributed by atoms with E-state index in [1.165, 1.54) is 0 Å². The van der Waals surface area contributed by atoms with Gasteiger partial charge in [0.1, 0.15) is 5.82 Å². The Bertz CT molecular complexity index is 410. The van der Waals surface area contributed by atoms with Gasteiger partial charge in [-0.05, 0) is 19.5 Å². The number of hydrogen-bond donors (Lipinski definition) is 1. The molecular weight excluding hydrogens is 279 g/mol. The van der Waals surface area contributed by atoms with Crippen molar-refractivity contribution in [3.63, 3.8) is 0 Å². The van der Waals surface area contributed by atoms with Crippen molar-refractivity contribution in [1.29, 1.82) is 0 Å². The smallest absolute Gasteiger partial charge is 0.354 e. The van der Waals surface area contributed by atoms with E-state index in [0.717, 1.165) is 18.7 Å². The third-order valence-electron chi connectivity index (χ3n) is 2.57. The number of nitrogens with one attached hydrogen (secondary N) is 1. The van der Waals surface area contributed by atoms with Crippen molar-refractivity contribution in [3.8, 4) is 0 Å². The monoisotopic (exact) mass is 295 g/mol. The summed E-state index contributed by atoms with van der Waals surface area (Å²) in [6.07, 6.45) is -2.73. The molecule has 7 heteroatoms. The SMILES string of the molecule is CCCN(CCNC)c1ncc(C(F)(F)F)cc1Cl. The number of pyridine rings is 1. The fourth-order valence-electron chi connectivity index (χ4n) is 1.66. The summed E-state index contributed by atoms with van der Waals surface area (Å²) in [6.45, 7) is 4.03. The van der Waals surface area contributed by atoms with E-state index in [-0.39, 0.29) is 5.02 Å². The number of hydrogen-bond acceptors (Lipinski definition) is 3. The molecule has 0 spiro atoms. The second-order valence-electron chi connectivity index (χ2n) is 4.12. The first-order valence-electron chi connectivity index (χ1n) is 6.02. The van der Waals surface area contributed by atoms with E-state index in [2.05, 4.69) is 10.3 Å². The highest BCUT2D eigenvalue weighted by molar-refractivity contribution is 6.33. The molecule has 0 aliphatic rings. The van der Waals surface area contributed by atoms with E-state index in [1.54, 1.807) is 0 Å². The average Bonchev–Trinajstić information content (AvgIpc) is 2.33. The predicted octanol–water partition coefficient (Wildman–Crippen LogP) is 3.19. The molecule has 19 heavy (non-hydrogen) atoms. The largest absolute Gasteiger partial charge is 0.417 e. The fraction of sp³-hybridized carbons (Fsp3) is 0.583. The van der Waals surface area contributed by atoms with Crippen LogP contribution in [0.15, 0.2) is 12.3 Å². The Kier molecular flexibility index (Phi) is 5.87. The Hall–Kier alpha value is -1.01. The van der Waals surface area contributed by atoms with Crippen LogP contribution in [0.25, 0.3) is 0 Å². The molecule has 108 valence electrons. The summed E-state index contributed by atoms with van der Waals surface area (Å²) in [6, 6.07) is 0.923. The molecule has 3 nitrogen and oxygen atoms in total. The highest BCUT2D eigenvalue weighted by Gasteiger charge is 2.32. The first-order valence-corrected chi connectivity index (χ1v) is 6.40. The maximum absolute atomic E-state index is 12.5. The zero-order valence-electron chi connectivity index (χ0n) is 10.9. The number of alkyl halides is 3. The van der Waals surface area contributed by atoms with Gasteiger partial charge in [0.15, 0.2) is 0 Å². The lowest BCUT2D eigenvalue weighted by atomic mass is 10.2. The van der Waals surface area contributed by atoms with Gasteiger partial charge in [-0.1, -0.05) is 18.5 Å². The van der Waals surface area contributed by atoms with Crippen LogP contribution in [-0.4, -0.2) is 31.7 Å². The first-order chi connectivity index (χ1) is 8.90. The maximum atomic E-state index is 12.5. The van der Waals surface area contributed by atoms with Gasteiger partial charge in [-0.15, -0.1) is 0 Å². The van der Waals surface area contributed by atoms with E-state index < -0.39 is 11.7 Å². The van der Waals surface area contributed by atoms with Gasteiger partial charge in [0.2, 0.25) is 0 Å². The molecule has 1 heterocycles. The molecule has 0 aliphatic heterocycles. The lowest BCUT2D eigenvalue weighted by Gasteiger charge is -2.24. The summed E-state index contributed by atoms with van der Waals surface area (Å²) in [5.41, 5.74) is -0.827. The Balaban J connectivity index is 2.97. The van der Waals surface area contributed by atoms with Crippen molar-refractivity contribution in [1.82, 2.24) is 10.3 Å². The number of rotatable bonds is 6. The molecule has 0 aliphatic carbocycles. The third-order valence-corrected chi connectivity index (χ3v) is 2.85. The number of halogens is 4. The van der Waals surface area contributed by atoms with E-state index in [4.69, 9.17) is 11.6 Å². The van der Waals surface area contributed by atoms with Crippen LogP contribution in [0.3, 0.4) is 0 Å². The van der Waals surface area contributed by atoms with Gasteiger partial charge in [-0.25, -0.2) is 4.98 Å². The molecule has 0 saturated carbocycles. The Morgan fingerprint density at radius 2 is 2.05 bits per heavy atom. The molecular formula is C12H17ClF3N3. The Morgan fingerprint density at radius 1 is 1.37 bits per heavy atom. The van der Waals surface area contributed by atoms with Crippen molar-refractivity contribution in [2.75, 3.05) is 31.6 Å². The summed E-state index contributed by atoms with van der Waals surface area (Å²) in [5, 5.41) is 3.02. The number of nitrogens with zero attached hydrogens (tertiary/aromatic N) is 2. The molecule has 1 aromatic heterocycles. The quantitative estimate of drug-likeness (QED) is 0.873. The summed E-state index contributed by atoms with van der Waals surface area (Å²) in [4.78, 5) is 5.74. The number of anilines is 1. The molecule has 0 unspecified atom stereocenters. The van der Waals surface area contributed by atoms with Gasteiger partial charge < -0.3 is 10.2 Å². The minimum Gasteiger partial charge on any atom is -0.354 e. The van der Waals surface area contributed by atoms with E-state index >= 15 is 0 Å². The minimum absolute atomic E-state index is 0.0272. The van der Waals surface area contributed by atoms with E-state index in [0.29, 0.717) is 25.5 Å². The fourth-order valence-corrected chi connectivity index (χ4v) is 1.94. The normalized spacial score (nSPS) is 11.7. The highest BCUT2D eigenvalue weighted by atomic mass is 35.5. The topological polar surface area (TPSA) is 28.2 Å². The van der Waals surface area contributed by atoms with Crippen molar-refractivity contribution in [2.45, 2.75) is 19.5 Å². The standard InChI is InChI=1S/C12H17ClF3N3/c1-3-5-19(6-4-17-2)11-10(13)7-9(8-18-11)12(14,15)16/h7-8,17H,3-6H2,1-2H3.